The maximum Gasteiger partial charge on any atom is 0.0729 e. The van der Waals surface area contributed by atoms with E-state index in [1.54, 1.807) is 0 Å². The van der Waals surface area contributed by atoms with Crippen LogP contribution < -0.4 is 5.73 Å². The Hall–Kier alpha value is -0.160. The summed E-state index contributed by atoms with van der Waals surface area (Å²) in [5.74, 6) is 0.555. The highest BCUT2D eigenvalue weighted by atomic mass is 16.5. The molecule has 2 atom stereocenters. The predicted octanol–water partition coefficient (Wildman–Crippen LogP) is 2.41. The van der Waals surface area contributed by atoms with Crippen molar-refractivity contribution < 1.29 is 9.47 Å². The van der Waals surface area contributed by atoms with Gasteiger partial charge in [0, 0.05) is 31.4 Å². The zero-order valence-electron chi connectivity index (χ0n) is 14.4. The van der Waals surface area contributed by atoms with E-state index in [0.29, 0.717) is 5.92 Å². The molecule has 4 nitrogen and oxygen atoms in total. The highest BCUT2D eigenvalue weighted by Crippen LogP contribution is 2.41. The standard InChI is InChI=1S/C17H34N2O2/c1-5-17(6-2,19(3)4)15(18)14-7-10-21-16(13-14)8-11-20-12-9-16/h14-15H,5-13,18H2,1-4H3. The molecule has 0 amide bonds. The molecule has 2 N–H and O–H groups in total. The van der Waals surface area contributed by atoms with Gasteiger partial charge in [0.05, 0.1) is 5.60 Å². The second kappa shape index (κ2) is 6.95. The maximum atomic E-state index is 6.81. The van der Waals surface area contributed by atoms with E-state index in [2.05, 4.69) is 32.8 Å². The SMILES string of the molecule is CCC(CC)(C(N)C1CCOC2(CCOCC2)C1)N(C)C. The molecular formula is C17H34N2O2. The van der Waals surface area contributed by atoms with Crippen LogP contribution in [0.1, 0.15) is 52.4 Å². The van der Waals surface area contributed by atoms with E-state index in [9.17, 15) is 0 Å². The lowest BCUT2D eigenvalue weighted by molar-refractivity contribution is -0.153. The van der Waals surface area contributed by atoms with Crippen molar-refractivity contribution >= 4 is 0 Å². The average Bonchev–Trinajstić information content (AvgIpc) is 2.49. The Bertz CT molecular complexity index is 317. The van der Waals surface area contributed by atoms with Crippen LogP contribution in [0.2, 0.25) is 0 Å². The van der Waals surface area contributed by atoms with E-state index >= 15 is 0 Å². The Morgan fingerprint density at radius 2 is 1.81 bits per heavy atom. The second-order valence-electron chi connectivity index (χ2n) is 7.13. The molecule has 0 radical (unpaired) electrons. The van der Waals surface area contributed by atoms with Gasteiger partial charge >= 0.3 is 0 Å². The van der Waals surface area contributed by atoms with E-state index in [1.165, 1.54) is 0 Å². The molecule has 4 heteroatoms. The van der Waals surface area contributed by atoms with E-state index in [1.807, 2.05) is 0 Å². The molecule has 1 spiro atoms. The molecule has 2 rings (SSSR count). The maximum absolute atomic E-state index is 6.81. The molecule has 2 aliphatic rings. The zero-order valence-corrected chi connectivity index (χ0v) is 14.4. The molecule has 0 aromatic heterocycles. The lowest BCUT2D eigenvalue weighted by Gasteiger charge is -2.51. The zero-order chi connectivity index (χ0) is 15.5. The van der Waals surface area contributed by atoms with Crippen molar-refractivity contribution in [1.82, 2.24) is 4.90 Å². The normalized spacial score (nSPS) is 28.0. The smallest absolute Gasteiger partial charge is 0.0729 e. The van der Waals surface area contributed by atoms with E-state index < -0.39 is 0 Å². The number of nitrogens with zero attached hydrogens (tertiary/aromatic N) is 1. The monoisotopic (exact) mass is 298 g/mol. The van der Waals surface area contributed by atoms with E-state index in [0.717, 1.165) is 58.3 Å². The summed E-state index contributed by atoms with van der Waals surface area (Å²) in [6.45, 7) is 7.07. The van der Waals surface area contributed by atoms with Crippen LogP contribution in [-0.2, 0) is 9.47 Å². The van der Waals surface area contributed by atoms with Gasteiger partial charge in [-0.3, -0.25) is 0 Å². The van der Waals surface area contributed by atoms with Crippen LogP contribution in [0.4, 0.5) is 0 Å². The predicted molar refractivity (Wildman–Crippen MR) is 86.4 cm³/mol. The molecule has 2 aliphatic heterocycles. The molecule has 2 fully saturated rings. The van der Waals surface area contributed by atoms with Crippen LogP contribution in [0.3, 0.4) is 0 Å². The summed E-state index contributed by atoms with van der Waals surface area (Å²) in [6.07, 6.45) is 6.47. The minimum atomic E-state index is 0.0400. The van der Waals surface area contributed by atoms with Gasteiger partial charge in [-0.2, -0.15) is 0 Å². The highest BCUT2D eigenvalue weighted by molar-refractivity contribution is 5.02. The molecule has 2 saturated heterocycles. The largest absolute Gasteiger partial charge is 0.381 e. The molecule has 2 heterocycles. The van der Waals surface area contributed by atoms with Crippen molar-refractivity contribution in [3.63, 3.8) is 0 Å². The number of hydrogen-bond acceptors (Lipinski definition) is 4. The average molecular weight is 298 g/mol. The lowest BCUT2D eigenvalue weighted by atomic mass is 9.70. The van der Waals surface area contributed by atoms with Crippen molar-refractivity contribution in [2.45, 2.75) is 69.6 Å². The van der Waals surface area contributed by atoms with Crippen LogP contribution in [0.15, 0.2) is 0 Å². The minimum absolute atomic E-state index is 0.0400. The summed E-state index contributed by atoms with van der Waals surface area (Å²) < 4.78 is 11.7. The fourth-order valence-corrected chi connectivity index (χ4v) is 4.55. The summed E-state index contributed by atoms with van der Waals surface area (Å²) in [5.41, 5.74) is 6.96. The number of ether oxygens (including phenoxy) is 2. The van der Waals surface area contributed by atoms with Gasteiger partial charge in [0.2, 0.25) is 0 Å². The van der Waals surface area contributed by atoms with Gasteiger partial charge < -0.3 is 20.1 Å². The van der Waals surface area contributed by atoms with Gasteiger partial charge in [-0.1, -0.05) is 13.8 Å². The van der Waals surface area contributed by atoms with Gasteiger partial charge in [-0.15, -0.1) is 0 Å². The van der Waals surface area contributed by atoms with Crippen molar-refractivity contribution in [2.75, 3.05) is 33.9 Å². The molecule has 0 aromatic carbocycles. The van der Waals surface area contributed by atoms with Gasteiger partial charge in [0.15, 0.2) is 0 Å². The van der Waals surface area contributed by atoms with E-state index in [4.69, 9.17) is 15.2 Å². The van der Waals surface area contributed by atoms with Crippen LogP contribution in [0.5, 0.6) is 0 Å². The van der Waals surface area contributed by atoms with Crippen molar-refractivity contribution in [3.8, 4) is 0 Å². The third-order valence-corrected chi connectivity index (χ3v) is 6.18. The van der Waals surface area contributed by atoms with Gasteiger partial charge in [0.25, 0.3) is 0 Å². The Morgan fingerprint density at radius 1 is 1.19 bits per heavy atom. The molecular weight excluding hydrogens is 264 g/mol. The van der Waals surface area contributed by atoms with Crippen LogP contribution >= 0.6 is 0 Å². The van der Waals surface area contributed by atoms with Crippen molar-refractivity contribution in [2.24, 2.45) is 11.7 Å². The fraction of sp³-hybridized carbons (Fsp3) is 1.00. The molecule has 0 saturated carbocycles. The Balaban J connectivity index is 2.12. The summed E-state index contributed by atoms with van der Waals surface area (Å²) in [4.78, 5) is 2.35. The third kappa shape index (κ3) is 3.29. The molecule has 0 aromatic rings. The first-order valence-corrected chi connectivity index (χ1v) is 8.64. The highest BCUT2D eigenvalue weighted by Gasteiger charge is 2.46. The minimum Gasteiger partial charge on any atom is -0.381 e. The number of likely N-dealkylation sites (N-methyl/N-ethyl adjacent to an activating group) is 1. The third-order valence-electron chi connectivity index (χ3n) is 6.18. The van der Waals surface area contributed by atoms with Crippen LogP contribution in [-0.4, -0.2) is 56.0 Å². The summed E-state index contributed by atoms with van der Waals surface area (Å²) in [6, 6.07) is 0.214. The topological polar surface area (TPSA) is 47.7 Å². The molecule has 124 valence electrons. The summed E-state index contributed by atoms with van der Waals surface area (Å²) in [7, 11) is 4.35. The van der Waals surface area contributed by atoms with Gasteiger partial charge in [-0.25, -0.2) is 0 Å². The Labute approximate surface area is 130 Å². The van der Waals surface area contributed by atoms with Crippen LogP contribution in [0.25, 0.3) is 0 Å². The Kier molecular flexibility index (Phi) is 5.69. The van der Waals surface area contributed by atoms with Gasteiger partial charge in [0.1, 0.15) is 0 Å². The second-order valence-corrected chi connectivity index (χ2v) is 7.13. The molecule has 2 unspecified atom stereocenters. The van der Waals surface area contributed by atoms with Crippen molar-refractivity contribution in [1.29, 1.82) is 0 Å². The van der Waals surface area contributed by atoms with Crippen molar-refractivity contribution in [3.05, 3.63) is 0 Å². The summed E-state index contributed by atoms with van der Waals surface area (Å²) >= 11 is 0. The number of nitrogens with two attached hydrogens (primary N) is 1. The molecule has 0 bridgehead atoms. The molecule has 21 heavy (non-hydrogen) atoms. The Morgan fingerprint density at radius 3 is 2.33 bits per heavy atom. The first kappa shape index (κ1) is 17.2. The lowest BCUT2D eigenvalue weighted by Crippen LogP contribution is -2.61. The quantitative estimate of drug-likeness (QED) is 0.847. The first-order valence-electron chi connectivity index (χ1n) is 8.64. The fourth-order valence-electron chi connectivity index (χ4n) is 4.55. The first-order chi connectivity index (χ1) is 9.99. The van der Waals surface area contributed by atoms with Gasteiger partial charge in [-0.05, 0) is 58.5 Å². The number of rotatable bonds is 5. The molecule has 0 aliphatic carbocycles. The number of hydrogen-bond donors (Lipinski definition) is 1. The van der Waals surface area contributed by atoms with Crippen LogP contribution in [0, 0.1) is 5.92 Å². The summed E-state index contributed by atoms with van der Waals surface area (Å²) in [5, 5.41) is 0. The van der Waals surface area contributed by atoms with E-state index in [-0.39, 0.29) is 17.2 Å².